The van der Waals surface area contributed by atoms with Crippen LogP contribution in [0, 0.1) is 12.7 Å². The molecule has 2 aromatic heterocycles. The fourth-order valence-corrected chi connectivity index (χ4v) is 2.93. The van der Waals surface area contributed by atoms with Gasteiger partial charge in [0.05, 0.1) is 5.69 Å². The van der Waals surface area contributed by atoms with E-state index in [2.05, 4.69) is 20.6 Å². The molecule has 2 aromatic carbocycles. The molecular formula is C22H18FN5O. The second-order valence-corrected chi connectivity index (χ2v) is 6.58. The van der Waals surface area contributed by atoms with Crippen molar-refractivity contribution in [1.29, 1.82) is 0 Å². The first-order chi connectivity index (χ1) is 14.1. The van der Waals surface area contributed by atoms with Gasteiger partial charge in [0.25, 0.3) is 5.91 Å². The van der Waals surface area contributed by atoms with Crippen molar-refractivity contribution in [1.82, 2.24) is 25.3 Å². The molecule has 0 aliphatic rings. The molecule has 0 fully saturated rings. The van der Waals surface area contributed by atoms with Crippen molar-refractivity contribution in [2.75, 3.05) is 0 Å². The minimum atomic E-state index is -0.369. The van der Waals surface area contributed by atoms with Crippen molar-refractivity contribution in [3.8, 4) is 16.9 Å². The van der Waals surface area contributed by atoms with E-state index in [1.165, 1.54) is 12.1 Å². The third-order valence-electron chi connectivity index (χ3n) is 4.47. The average Bonchev–Trinajstić information content (AvgIpc) is 3.19. The molecule has 4 aromatic rings. The Bertz CT molecular complexity index is 1120. The monoisotopic (exact) mass is 387 g/mol. The summed E-state index contributed by atoms with van der Waals surface area (Å²) in [6.07, 6.45) is 3.33. The van der Waals surface area contributed by atoms with Crippen LogP contribution in [-0.4, -0.2) is 25.9 Å². The van der Waals surface area contributed by atoms with Gasteiger partial charge in [0.15, 0.2) is 5.69 Å². The largest absolute Gasteiger partial charge is 0.346 e. The molecule has 29 heavy (non-hydrogen) atoms. The molecule has 7 heteroatoms. The van der Waals surface area contributed by atoms with Gasteiger partial charge in [-0.15, -0.1) is 5.10 Å². The summed E-state index contributed by atoms with van der Waals surface area (Å²) in [4.78, 5) is 17.0. The number of amides is 1. The van der Waals surface area contributed by atoms with Gasteiger partial charge in [-0.3, -0.25) is 9.78 Å². The molecule has 0 radical (unpaired) electrons. The van der Waals surface area contributed by atoms with Gasteiger partial charge in [0.1, 0.15) is 11.5 Å². The molecule has 1 N–H and O–H groups in total. The van der Waals surface area contributed by atoms with Gasteiger partial charge in [0, 0.05) is 24.5 Å². The number of halogens is 1. The van der Waals surface area contributed by atoms with Crippen molar-refractivity contribution in [3.63, 3.8) is 0 Å². The number of pyridine rings is 1. The lowest BCUT2D eigenvalue weighted by atomic mass is 10.1. The molecule has 0 atom stereocenters. The predicted octanol–water partition coefficient (Wildman–Crippen LogP) is 3.71. The van der Waals surface area contributed by atoms with Gasteiger partial charge < -0.3 is 5.32 Å². The number of carbonyl (C=O) groups excluding carboxylic acids is 1. The maximum atomic E-state index is 13.1. The highest BCUT2D eigenvalue weighted by molar-refractivity contribution is 5.98. The molecule has 6 nitrogen and oxygen atoms in total. The van der Waals surface area contributed by atoms with Crippen molar-refractivity contribution in [3.05, 3.63) is 95.7 Å². The van der Waals surface area contributed by atoms with Crippen LogP contribution < -0.4 is 5.32 Å². The van der Waals surface area contributed by atoms with Crippen LogP contribution in [0.15, 0.2) is 73.1 Å². The Kier molecular flexibility index (Phi) is 5.11. The fraction of sp³-hybridized carbons (Fsp3) is 0.0909. The second-order valence-electron chi connectivity index (χ2n) is 6.58. The van der Waals surface area contributed by atoms with Crippen LogP contribution in [0.1, 0.15) is 21.6 Å². The summed E-state index contributed by atoms with van der Waals surface area (Å²) in [7, 11) is 0. The maximum absolute atomic E-state index is 13.1. The van der Waals surface area contributed by atoms with E-state index < -0.39 is 0 Å². The van der Waals surface area contributed by atoms with Gasteiger partial charge in [-0.05, 0) is 48.9 Å². The third kappa shape index (κ3) is 4.03. The number of nitrogens with zero attached hydrogens (tertiary/aromatic N) is 4. The zero-order chi connectivity index (χ0) is 20.2. The van der Waals surface area contributed by atoms with Crippen molar-refractivity contribution in [2.24, 2.45) is 0 Å². The van der Waals surface area contributed by atoms with Crippen LogP contribution >= 0.6 is 0 Å². The Hall–Kier alpha value is -3.87. The average molecular weight is 387 g/mol. The summed E-state index contributed by atoms with van der Waals surface area (Å²) in [5.74, 6) is -0.688. The molecule has 0 saturated heterocycles. The quantitative estimate of drug-likeness (QED) is 0.567. The summed E-state index contributed by atoms with van der Waals surface area (Å²) < 4.78 is 14.7. The SMILES string of the molecule is Cc1ccc(-n2nnc(C(=O)NCc3ccc(F)cc3)c2-c2cccnc2)cc1. The standard InChI is InChI=1S/C22H18FN5O/c1-15-4-10-19(11-5-15)28-21(17-3-2-12-24-14-17)20(26-27-28)22(29)25-13-16-6-8-18(23)9-7-16/h2-12,14H,13H2,1H3,(H,25,29). The molecule has 0 bridgehead atoms. The van der Waals surface area contributed by atoms with E-state index in [0.717, 1.165) is 22.4 Å². The predicted molar refractivity (Wildman–Crippen MR) is 107 cm³/mol. The topological polar surface area (TPSA) is 72.7 Å². The summed E-state index contributed by atoms with van der Waals surface area (Å²) in [6.45, 7) is 2.25. The summed E-state index contributed by atoms with van der Waals surface area (Å²) in [6, 6.07) is 17.4. The minimum Gasteiger partial charge on any atom is -0.346 e. The lowest BCUT2D eigenvalue weighted by Gasteiger charge is -2.09. The van der Waals surface area contributed by atoms with E-state index in [9.17, 15) is 9.18 Å². The Morgan fingerprint density at radius 3 is 2.52 bits per heavy atom. The molecule has 0 aliphatic carbocycles. The number of benzene rings is 2. The zero-order valence-electron chi connectivity index (χ0n) is 15.7. The highest BCUT2D eigenvalue weighted by Crippen LogP contribution is 2.25. The summed E-state index contributed by atoms with van der Waals surface area (Å²) >= 11 is 0. The van der Waals surface area contributed by atoms with Crippen LogP contribution in [0.3, 0.4) is 0 Å². The van der Waals surface area contributed by atoms with Crippen LogP contribution in [0.5, 0.6) is 0 Å². The first-order valence-corrected chi connectivity index (χ1v) is 9.07. The Morgan fingerprint density at radius 1 is 1.07 bits per heavy atom. The summed E-state index contributed by atoms with van der Waals surface area (Å²) in [5.41, 5.74) is 4.17. The molecule has 0 saturated carbocycles. The molecule has 2 heterocycles. The number of carbonyl (C=O) groups is 1. The first-order valence-electron chi connectivity index (χ1n) is 9.07. The van der Waals surface area contributed by atoms with E-state index in [1.54, 1.807) is 35.3 Å². The van der Waals surface area contributed by atoms with Crippen molar-refractivity contribution < 1.29 is 9.18 Å². The van der Waals surface area contributed by atoms with E-state index in [-0.39, 0.29) is 24.0 Å². The van der Waals surface area contributed by atoms with Gasteiger partial charge >= 0.3 is 0 Å². The Labute approximate surface area is 167 Å². The third-order valence-corrected chi connectivity index (χ3v) is 4.47. The molecule has 0 aliphatic heterocycles. The molecule has 4 rings (SSSR count). The van der Waals surface area contributed by atoms with Crippen LogP contribution in [0.25, 0.3) is 16.9 Å². The van der Waals surface area contributed by atoms with E-state index in [1.807, 2.05) is 37.3 Å². The number of aromatic nitrogens is 4. The molecule has 144 valence electrons. The fourth-order valence-electron chi connectivity index (χ4n) is 2.93. The maximum Gasteiger partial charge on any atom is 0.274 e. The van der Waals surface area contributed by atoms with E-state index in [0.29, 0.717) is 5.69 Å². The normalized spacial score (nSPS) is 10.7. The Morgan fingerprint density at radius 2 is 1.83 bits per heavy atom. The van der Waals surface area contributed by atoms with Crippen LogP contribution in [0.2, 0.25) is 0 Å². The highest BCUT2D eigenvalue weighted by Gasteiger charge is 2.22. The van der Waals surface area contributed by atoms with Crippen LogP contribution in [-0.2, 0) is 6.54 Å². The molecule has 0 unspecified atom stereocenters. The van der Waals surface area contributed by atoms with E-state index in [4.69, 9.17) is 0 Å². The number of aryl methyl sites for hydroxylation is 1. The molecule has 0 spiro atoms. The number of hydrogen-bond acceptors (Lipinski definition) is 4. The summed E-state index contributed by atoms with van der Waals surface area (Å²) in [5, 5.41) is 11.2. The van der Waals surface area contributed by atoms with Gasteiger partial charge in [-0.25, -0.2) is 9.07 Å². The van der Waals surface area contributed by atoms with Gasteiger partial charge in [0.2, 0.25) is 0 Å². The second kappa shape index (κ2) is 8.02. The van der Waals surface area contributed by atoms with Crippen LogP contribution in [0.4, 0.5) is 4.39 Å². The van der Waals surface area contributed by atoms with Crippen molar-refractivity contribution in [2.45, 2.75) is 13.5 Å². The lowest BCUT2D eigenvalue weighted by molar-refractivity contribution is 0.0946. The number of nitrogens with one attached hydrogen (secondary N) is 1. The first kappa shape index (κ1) is 18.5. The number of hydrogen-bond donors (Lipinski definition) is 1. The van der Waals surface area contributed by atoms with E-state index >= 15 is 0 Å². The zero-order valence-corrected chi connectivity index (χ0v) is 15.7. The Balaban J connectivity index is 1.68. The molecular weight excluding hydrogens is 369 g/mol. The smallest absolute Gasteiger partial charge is 0.274 e. The van der Waals surface area contributed by atoms with Crippen molar-refractivity contribution >= 4 is 5.91 Å². The molecule has 1 amide bonds. The highest BCUT2D eigenvalue weighted by atomic mass is 19.1. The van der Waals surface area contributed by atoms with Gasteiger partial charge in [-0.2, -0.15) is 0 Å². The minimum absolute atomic E-state index is 0.195. The lowest BCUT2D eigenvalue weighted by Crippen LogP contribution is -2.24. The number of rotatable bonds is 5. The van der Waals surface area contributed by atoms with Gasteiger partial charge in [-0.1, -0.05) is 35.0 Å².